The second kappa shape index (κ2) is 1.48. The van der Waals surface area contributed by atoms with Crippen LogP contribution < -0.4 is 5.73 Å². The number of aromatic nitrogens is 2. The molecule has 0 aliphatic rings. The first-order chi connectivity index (χ1) is 4.36. The maximum atomic E-state index is 5.49. The van der Waals surface area contributed by atoms with Crippen molar-refractivity contribution >= 4 is 22.1 Å². The summed E-state index contributed by atoms with van der Waals surface area (Å²) >= 11 is 1.44. The van der Waals surface area contributed by atoms with Gasteiger partial charge in [0.25, 0.3) is 0 Å². The van der Waals surface area contributed by atoms with Gasteiger partial charge >= 0.3 is 0 Å². The van der Waals surface area contributed by atoms with Crippen LogP contribution in [-0.4, -0.2) is 8.77 Å². The summed E-state index contributed by atoms with van der Waals surface area (Å²) in [6.45, 7) is 0. The zero-order valence-electron chi connectivity index (χ0n) is 4.61. The van der Waals surface area contributed by atoms with Crippen molar-refractivity contribution in [3.63, 3.8) is 0 Å². The number of anilines is 1. The molecule has 9 heavy (non-hydrogen) atoms. The molecule has 2 aromatic rings. The second-order valence-electron chi connectivity index (χ2n) is 1.83. The smallest absolute Gasteiger partial charge is 0.121 e. The van der Waals surface area contributed by atoms with E-state index >= 15 is 0 Å². The van der Waals surface area contributed by atoms with Crippen molar-refractivity contribution in [1.29, 1.82) is 0 Å². The van der Waals surface area contributed by atoms with Crippen LogP contribution in [0, 0.1) is 0 Å². The highest BCUT2D eigenvalue weighted by Crippen LogP contribution is 2.13. The van der Waals surface area contributed by atoms with Crippen molar-refractivity contribution in [2.45, 2.75) is 0 Å². The maximum absolute atomic E-state index is 5.49. The highest BCUT2D eigenvalue weighted by molar-refractivity contribution is 7.11. The summed E-state index contributed by atoms with van der Waals surface area (Å²) in [6.07, 6.45) is 3.59. The molecule has 2 rings (SSSR count). The maximum Gasteiger partial charge on any atom is 0.121 e. The van der Waals surface area contributed by atoms with Gasteiger partial charge in [-0.1, -0.05) is 0 Å². The minimum atomic E-state index is 0.795. The Hall–Kier alpha value is -1.03. The lowest BCUT2D eigenvalue weighted by atomic mass is 10.6. The van der Waals surface area contributed by atoms with E-state index in [-0.39, 0.29) is 0 Å². The van der Waals surface area contributed by atoms with Gasteiger partial charge in [-0.2, -0.15) is 4.37 Å². The number of hydrogen-bond donors (Lipinski definition) is 1. The van der Waals surface area contributed by atoms with E-state index in [0.29, 0.717) is 0 Å². The number of nitrogens with zero attached hydrogens (tertiary/aromatic N) is 2. The summed E-state index contributed by atoms with van der Waals surface area (Å²) < 4.78 is 5.85. The number of nitrogen functional groups attached to an aromatic ring is 1. The Balaban J connectivity index is 2.92. The Labute approximate surface area is 55.9 Å². The van der Waals surface area contributed by atoms with Crippen LogP contribution in [0.2, 0.25) is 0 Å². The highest BCUT2D eigenvalue weighted by Gasteiger charge is 1.94. The van der Waals surface area contributed by atoms with Gasteiger partial charge in [0.1, 0.15) is 11.2 Å². The average molecular weight is 139 g/mol. The number of fused-ring (bicyclic) bond motifs is 1. The SMILES string of the molecule is Nc1cc2sncn2c1. The van der Waals surface area contributed by atoms with E-state index in [9.17, 15) is 0 Å². The summed E-state index contributed by atoms with van der Waals surface area (Å²) in [7, 11) is 0. The standard InChI is InChI=1S/C5H5N3S/c6-4-1-5-8(2-4)3-7-9-5/h1-3H,6H2. The van der Waals surface area contributed by atoms with Crippen LogP contribution >= 0.6 is 11.5 Å². The molecule has 0 fully saturated rings. The lowest BCUT2D eigenvalue weighted by molar-refractivity contribution is 1.19. The van der Waals surface area contributed by atoms with Crippen LogP contribution in [0.3, 0.4) is 0 Å². The molecule has 46 valence electrons. The molecule has 0 aliphatic carbocycles. The lowest BCUT2D eigenvalue weighted by Crippen LogP contribution is -1.77. The van der Waals surface area contributed by atoms with Gasteiger partial charge in [-0.15, -0.1) is 0 Å². The lowest BCUT2D eigenvalue weighted by Gasteiger charge is -1.74. The summed E-state index contributed by atoms with van der Waals surface area (Å²) in [5.41, 5.74) is 6.29. The normalized spacial score (nSPS) is 10.7. The summed E-state index contributed by atoms with van der Waals surface area (Å²) in [4.78, 5) is 1.09. The summed E-state index contributed by atoms with van der Waals surface area (Å²) in [5, 5.41) is 0. The molecule has 4 heteroatoms. The third kappa shape index (κ3) is 0.598. The van der Waals surface area contributed by atoms with Gasteiger partial charge in [0.15, 0.2) is 0 Å². The van der Waals surface area contributed by atoms with Gasteiger partial charge in [-0.05, 0) is 17.6 Å². The Morgan fingerprint density at radius 2 is 2.56 bits per heavy atom. The molecular formula is C5H5N3S. The molecular weight excluding hydrogens is 134 g/mol. The van der Waals surface area contributed by atoms with Crippen molar-refractivity contribution < 1.29 is 0 Å². The number of hydrogen-bond acceptors (Lipinski definition) is 3. The van der Waals surface area contributed by atoms with Gasteiger partial charge < -0.3 is 5.73 Å². The Morgan fingerprint density at radius 3 is 3.33 bits per heavy atom. The zero-order chi connectivity index (χ0) is 6.27. The van der Waals surface area contributed by atoms with Crippen molar-refractivity contribution in [3.05, 3.63) is 18.6 Å². The summed E-state index contributed by atoms with van der Waals surface area (Å²) in [5.74, 6) is 0. The van der Waals surface area contributed by atoms with Crippen LogP contribution in [0.1, 0.15) is 0 Å². The zero-order valence-corrected chi connectivity index (χ0v) is 5.43. The molecule has 0 saturated heterocycles. The molecule has 3 nitrogen and oxygen atoms in total. The molecule has 0 aliphatic heterocycles. The predicted molar refractivity (Wildman–Crippen MR) is 37.5 cm³/mol. The van der Waals surface area contributed by atoms with E-state index in [0.717, 1.165) is 10.5 Å². The topological polar surface area (TPSA) is 43.3 Å². The van der Waals surface area contributed by atoms with Gasteiger partial charge in [-0.25, -0.2) is 0 Å². The highest BCUT2D eigenvalue weighted by atomic mass is 32.1. The fraction of sp³-hybridized carbons (Fsp3) is 0. The molecule has 0 aromatic carbocycles. The van der Waals surface area contributed by atoms with Gasteiger partial charge in [-0.3, -0.25) is 4.40 Å². The fourth-order valence-electron chi connectivity index (χ4n) is 0.771. The monoisotopic (exact) mass is 139 g/mol. The van der Waals surface area contributed by atoms with Gasteiger partial charge in [0.2, 0.25) is 0 Å². The van der Waals surface area contributed by atoms with Crippen LogP contribution in [0.25, 0.3) is 4.83 Å². The number of rotatable bonds is 0. The van der Waals surface area contributed by atoms with Crippen LogP contribution in [-0.2, 0) is 0 Å². The van der Waals surface area contributed by atoms with E-state index < -0.39 is 0 Å². The van der Waals surface area contributed by atoms with Crippen molar-refractivity contribution in [3.8, 4) is 0 Å². The molecule has 0 atom stereocenters. The quantitative estimate of drug-likeness (QED) is 0.591. The first kappa shape index (κ1) is 4.81. The first-order valence-corrected chi connectivity index (χ1v) is 3.31. The largest absolute Gasteiger partial charge is 0.397 e. The Bertz CT molecular complexity index is 293. The fourth-order valence-corrected chi connectivity index (χ4v) is 1.41. The third-order valence-electron chi connectivity index (χ3n) is 1.15. The molecule has 0 bridgehead atoms. The Kier molecular flexibility index (Phi) is 0.790. The second-order valence-corrected chi connectivity index (χ2v) is 2.64. The van der Waals surface area contributed by atoms with Crippen molar-refractivity contribution in [2.24, 2.45) is 0 Å². The molecule has 0 saturated carbocycles. The van der Waals surface area contributed by atoms with Crippen LogP contribution in [0.5, 0.6) is 0 Å². The molecule has 2 aromatic heterocycles. The molecule has 0 radical (unpaired) electrons. The van der Waals surface area contributed by atoms with E-state index in [1.807, 2.05) is 16.7 Å². The van der Waals surface area contributed by atoms with Crippen molar-refractivity contribution in [2.75, 3.05) is 5.73 Å². The molecule has 0 unspecified atom stereocenters. The predicted octanol–water partition coefficient (Wildman–Crippen LogP) is 0.978. The summed E-state index contributed by atoms with van der Waals surface area (Å²) in [6, 6.07) is 1.90. The minimum Gasteiger partial charge on any atom is -0.397 e. The van der Waals surface area contributed by atoms with E-state index in [1.54, 1.807) is 6.33 Å². The van der Waals surface area contributed by atoms with E-state index in [4.69, 9.17) is 5.73 Å². The first-order valence-electron chi connectivity index (χ1n) is 2.54. The van der Waals surface area contributed by atoms with Crippen LogP contribution in [0.4, 0.5) is 5.69 Å². The Morgan fingerprint density at radius 1 is 1.67 bits per heavy atom. The van der Waals surface area contributed by atoms with E-state index in [2.05, 4.69) is 4.37 Å². The van der Waals surface area contributed by atoms with Crippen molar-refractivity contribution in [1.82, 2.24) is 8.77 Å². The van der Waals surface area contributed by atoms with Gasteiger partial charge in [0, 0.05) is 6.20 Å². The molecule has 0 spiro atoms. The van der Waals surface area contributed by atoms with Gasteiger partial charge in [0.05, 0.1) is 5.69 Å². The molecule has 0 amide bonds. The van der Waals surface area contributed by atoms with Crippen LogP contribution in [0.15, 0.2) is 18.6 Å². The third-order valence-corrected chi connectivity index (χ3v) is 1.87. The number of nitrogens with two attached hydrogens (primary N) is 1. The average Bonchev–Trinajstić information content (AvgIpc) is 2.22. The molecule has 2 N–H and O–H groups in total. The molecule has 2 heterocycles. The minimum absolute atomic E-state index is 0.795. The van der Waals surface area contributed by atoms with E-state index in [1.165, 1.54) is 11.5 Å².